The second-order valence-corrected chi connectivity index (χ2v) is 3.61. The summed E-state index contributed by atoms with van der Waals surface area (Å²) in [5.41, 5.74) is 11.0. The van der Waals surface area contributed by atoms with Crippen LogP contribution in [-0.2, 0) is 0 Å². The fourth-order valence-electron chi connectivity index (χ4n) is 1.41. The highest BCUT2D eigenvalue weighted by Gasteiger charge is 2.29. The molecule has 0 unspecified atom stereocenters. The molecule has 4 N–H and O–H groups in total. The van der Waals surface area contributed by atoms with Crippen LogP contribution in [0.4, 0.5) is 24.5 Å². The molecule has 4 nitrogen and oxygen atoms in total. The predicted octanol–water partition coefficient (Wildman–Crippen LogP) is 1.37. The Morgan fingerprint density at radius 1 is 1.41 bits per heavy atom. The first kappa shape index (κ1) is 13.1. The van der Waals surface area contributed by atoms with E-state index in [1.165, 1.54) is 25.2 Å². The Morgan fingerprint density at radius 3 is 2.41 bits per heavy atom. The topological polar surface area (TPSA) is 72.3 Å². The number of nitrogens with zero attached hydrogens (tertiary/aromatic N) is 1. The van der Waals surface area contributed by atoms with Gasteiger partial charge in [0.25, 0.3) is 0 Å². The average Bonchev–Trinajstić information content (AvgIpc) is 2.14. The zero-order valence-corrected chi connectivity index (χ0v) is 9.08. The molecule has 0 heterocycles. The number of halogens is 3. The van der Waals surface area contributed by atoms with Gasteiger partial charge < -0.3 is 16.4 Å². The molecule has 0 spiro atoms. The third-order valence-corrected chi connectivity index (χ3v) is 2.14. The number of rotatable bonds is 3. The summed E-state index contributed by atoms with van der Waals surface area (Å²) in [6, 6.07) is 3.92. The van der Waals surface area contributed by atoms with E-state index in [1.54, 1.807) is 0 Å². The van der Waals surface area contributed by atoms with Crippen molar-refractivity contribution in [2.45, 2.75) is 6.18 Å². The number of nitrogen functional groups attached to an aromatic ring is 1. The maximum Gasteiger partial charge on any atom is 0.405 e. The van der Waals surface area contributed by atoms with E-state index in [-0.39, 0.29) is 16.9 Å². The summed E-state index contributed by atoms with van der Waals surface area (Å²) in [4.78, 5) is 11.8. The number of benzene rings is 1. The fraction of sp³-hybridized carbons (Fsp3) is 0.300. The van der Waals surface area contributed by atoms with Gasteiger partial charge in [-0.2, -0.15) is 13.2 Å². The Kier molecular flexibility index (Phi) is 3.50. The van der Waals surface area contributed by atoms with E-state index in [4.69, 9.17) is 11.5 Å². The highest BCUT2D eigenvalue weighted by molar-refractivity contribution is 5.94. The molecule has 94 valence electrons. The summed E-state index contributed by atoms with van der Waals surface area (Å²) in [5.74, 6) is -0.679. The molecular formula is C10H12F3N3O. The normalized spacial score (nSPS) is 11.3. The third-order valence-electron chi connectivity index (χ3n) is 2.14. The van der Waals surface area contributed by atoms with Crippen LogP contribution in [0.3, 0.4) is 0 Å². The quantitative estimate of drug-likeness (QED) is 0.792. The number of primary amides is 1. The predicted molar refractivity (Wildman–Crippen MR) is 58.7 cm³/mol. The smallest absolute Gasteiger partial charge is 0.397 e. The van der Waals surface area contributed by atoms with Crippen molar-refractivity contribution in [2.24, 2.45) is 5.73 Å². The van der Waals surface area contributed by atoms with E-state index < -0.39 is 18.6 Å². The average molecular weight is 247 g/mol. The molecule has 0 saturated carbocycles. The lowest BCUT2D eigenvalue weighted by molar-refractivity contribution is -0.119. The minimum Gasteiger partial charge on any atom is -0.397 e. The highest BCUT2D eigenvalue weighted by atomic mass is 19.4. The van der Waals surface area contributed by atoms with Crippen LogP contribution >= 0.6 is 0 Å². The van der Waals surface area contributed by atoms with Crippen molar-refractivity contribution in [2.75, 3.05) is 24.2 Å². The van der Waals surface area contributed by atoms with Crippen LogP contribution in [0.5, 0.6) is 0 Å². The number of nitrogens with two attached hydrogens (primary N) is 2. The third kappa shape index (κ3) is 3.54. The molecule has 1 aromatic carbocycles. The van der Waals surface area contributed by atoms with E-state index in [0.717, 1.165) is 4.90 Å². The van der Waals surface area contributed by atoms with E-state index in [9.17, 15) is 18.0 Å². The van der Waals surface area contributed by atoms with Gasteiger partial charge in [0.2, 0.25) is 5.91 Å². The number of amides is 1. The summed E-state index contributed by atoms with van der Waals surface area (Å²) >= 11 is 0. The van der Waals surface area contributed by atoms with Crippen LogP contribution in [0.1, 0.15) is 10.4 Å². The van der Waals surface area contributed by atoms with Gasteiger partial charge in [-0.25, -0.2) is 0 Å². The molecule has 1 amide bonds. The second-order valence-electron chi connectivity index (χ2n) is 3.61. The molecule has 0 aliphatic rings. The van der Waals surface area contributed by atoms with Gasteiger partial charge in [0.15, 0.2) is 0 Å². The Bertz CT molecular complexity index is 431. The lowest BCUT2D eigenvalue weighted by Gasteiger charge is -2.22. The zero-order valence-electron chi connectivity index (χ0n) is 9.08. The number of alkyl halides is 3. The first-order valence-electron chi connectivity index (χ1n) is 4.68. The van der Waals surface area contributed by atoms with Crippen LogP contribution in [0.2, 0.25) is 0 Å². The second kappa shape index (κ2) is 4.52. The van der Waals surface area contributed by atoms with Crippen molar-refractivity contribution in [1.82, 2.24) is 0 Å². The van der Waals surface area contributed by atoms with Gasteiger partial charge in [-0.1, -0.05) is 0 Å². The van der Waals surface area contributed by atoms with Gasteiger partial charge in [-0.15, -0.1) is 0 Å². The standard InChI is InChI=1S/C10H12F3N3O/c1-16(5-10(11,12)13)8-3-2-6(9(15)17)4-7(8)14/h2-4H,5,14H2,1H3,(H2,15,17). The molecule has 0 atom stereocenters. The van der Waals surface area contributed by atoms with Crippen molar-refractivity contribution < 1.29 is 18.0 Å². The maximum absolute atomic E-state index is 12.2. The molecule has 0 radical (unpaired) electrons. The van der Waals surface area contributed by atoms with Crippen LogP contribution in [0.25, 0.3) is 0 Å². The van der Waals surface area contributed by atoms with Crippen LogP contribution < -0.4 is 16.4 Å². The molecule has 0 fully saturated rings. The molecule has 17 heavy (non-hydrogen) atoms. The molecular weight excluding hydrogens is 235 g/mol. The van der Waals surface area contributed by atoms with E-state index >= 15 is 0 Å². The minimum atomic E-state index is -4.32. The monoisotopic (exact) mass is 247 g/mol. The first-order chi connectivity index (χ1) is 7.70. The minimum absolute atomic E-state index is 0.0769. The molecule has 1 rings (SSSR count). The van der Waals surface area contributed by atoms with Crippen molar-refractivity contribution in [1.29, 1.82) is 0 Å². The lowest BCUT2D eigenvalue weighted by atomic mass is 10.1. The summed E-state index contributed by atoms with van der Waals surface area (Å²) < 4.78 is 36.5. The van der Waals surface area contributed by atoms with Gasteiger partial charge >= 0.3 is 6.18 Å². The van der Waals surface area contributed by atoms with Gasteiger partial charge in [0, 0.05) is 12.6 Å². The molecule has 1 aromatic rings. The van der Waals surface area contributed by atoms with E-state index in [2.05, 4.69) is 0 Å². The SMILES string of the molecule is CN(CC(F)(F)F)c1ccc(C(N)=O)cc1N. The lowest BCUT2D eigenvalue weighted by Crippen LogP contribution is -2.31. The Labute approximate surface area is 96.0 Å². The molecule has 0 aliphatic heterocycles. The van der Waals surface area contributed by atoms with Crippen LogP contribution in [0, 0.1) is 0 Å². The maximum atomic E-state index is 12.2. The van der Waals surface area contributed by atoms with E-state index in [0.29, 0.717) is 0 Å². The zero-order chi connectivity index (χ0) is 13.2. The number of carbonyl (C=O) groups is 1. The fourth-order valence-corrected chi connectivity index (χ4v) is 1.41. The van der Waals surface area contributed by atoms with E-state index in [1.807, 2.05) is 0 Å². The number of carbonyl (C=O) groups excluding carboxylic acids is 1. The van der Waals surface area contributed by atoms with Gasteiger partial charge in [0.05, 0.1) is 11.4 Å². The Balaban J connectivity index is 2.96. The largest absolute Gasteiger partial charge is 0.405 e. The van der Waals surface area contributed by atoms with Gasteiger partial charge in [-0.05, 0) is 18.2 Å². The summed E-state index contributed by atoms with van der Waals surface area (Å²) in [5, 5.41) is 0. The summed E-state index contributed by atoms with van der Waals surface area (Å²) in [6.45, 7) is -1.12. The summed E-state index contributed by atoms with van der Waals surface area (Å²) in [6.07, 6.45) is -4.32. The number of anilines is 2. The number of hydrogen-bond donors (Lipinski definition) is 2. The Hall–Kier alpha value is -1.92. The van der Waals surface area contributed by atoms with Crippen molar-refractivity contribution in [3.8, 4) is 0 Å². The van der Waals surface area contributed by atoms with Crippen molar-refractivity contribution in [3.63, 3.8) is 0 Å². The Morgan fingerprint density at radius 2 is 2.00 bits per heavy atom. The molecule has 0 aliphatic carbocycles. The first-order valence-corrected chi connectivity index (χ1v) is 4.68. The van der Waals surface area contributed by atoms with Crippen LogP contribution in [-0.4, -0.2) is 25.7 Å². The molecule has 7 heteroatoms. The van der Waals surface area contributed by atoms with Gasteiger partial charge in [0.1, 0.15) is 6.54 Å². The molecule has 0 aromatic heterocycles. The molecule has 0 saturated heterocycles. The van der Waals surface area contributed by atoms with Crippen molar-refractivity contribution >= 4 is 17.3 Å². The van der Waals surface area contributed by atoms with Crippen LogP contribution in [0.15, 0.2) is 18.2 Å². The van der Waals surface area contributed by atoms with Crippen molar-refractivity contribution in [3.05, 3.63) is 23.8 Å². The number of hydrogen-bond acceptors (Lipinski definition) is 3. The highest BCUT2D eigenvalue weighted by Crippen LogP contribution is 2.26. The molecule has 0 bridgehead atoms. The summed E-state index contributed by atoms with van der Waals surface area (Å²) in [7, 11) is 1.27. The van der Waals surface area contributed by atoms with Gasteiger partial charge in [-0.3, -0.25) is 4.79 Å².